The van der Waals surface area contributed by atoms with Gasteiger partial charge in [-0.25, -0.2) is 0 Å². The van der Waals surface area contributed by atoms with Crippen LogP contribution < -0.4 is 0 Å². The summed E-state index contributed by atoms with van der Waals surface area (Å²) in [7, 11) is 1.49. The lowest BCUT2D eigenvalue weighted by Gasteiger charge is -2.36. The molecule has 1 unspecified atom stereocenters. The molecule has 2 fully saturated rings. The minimum absolute atomic E-state index is 0.0414. The van der Waals surface area contributed by atoms with E-state index in [0.29, 0.717) is 5.92 Å². The van der Waals surface area contributed by atoms with E-state index in [-0.39, 0.29) is 16.8 Å². The molecular weight excluding hydrogens is 256 g/mol. The monoisotopic (exact) mass is 272 g/mol. The van der Waals surface area contributed by atoms with Gasteiger partial charge in [-0.05, 0) is 41.2 Å². The van der Waals surface area contributed by atoms with Crippen molar-refractivity contribution < 1.29 is 9.53 Å². The summed E-state index contributed by atoms with van der Waals surface area (Å²) < 4.78 is 5.02. The summed E-state index contributed by atoms with van der Waals surface area (Å²) in [5, 5.41) is 0. The lowest BCUT2D eigenvalue weighted by Crippen LogP contribution is -2.40. The van der Waals surface area contributed by atoms with Crippen LogP contribution in [0, 0.1) is 16.7 Å². The summed E-state index contributed by atoms with van der Waals surface area (Å²) in [5.41, 5.74) is 0.894. The van der Waals surface area contributed by atoms with Crippen LogP contribution in [0.15, 0.2) is 10.6 Å². The third kappa shape index (κ3) is 1.13. The van der Waals surface area contributed by atoms with E-state index in [1.807, 2.05) is 4.99 Å². The summed E-state index contributed by atoms with van der Waals surface area (Å²) >= 11 is 3.39. The Kier molecular flexibility index (Phi) is 2.49. The Morgan fingerprint density at radius 1 is 1.60 bits per heavy atom. The normalized spacial score (nSPS) is 39.7. The number of halogens is 1. The Hall–Kier alpha value is -0.310. The number of carbonyl (C=O) groups is 1. The Balaban J connectivity index is 2.53. The molecule has 0 aromatic carbocycles. The van der Waals surface area contributed by atoms with Gasteiger partial charge in [0.05, 0.1) is 12.5 Å². The molecule has 2 saturated carbocycles. The van der Waals surface area contributed by atoms with Crippen molar-refractivity contribution in [2.75, 3.05) is 7.11 Å². The van der Waals surface area contributed by atoms with Gasteiger partial charge in [-0.2, -0.15) is 0 Å². The number of hydrogen-bond donors (Lipinski definition) is 0. The number of hydrogen-bond acceptors (Lipinski definition) is 2. The fourth-order valence-electron chi connectivity index (χ4n) is 3.60. The number of carbonyl (C=O) groups excluding carboxylic acids is 1. The van der Waals surface area contributed by atoms with E-state index >= 15 is 0 Å². The van der Waals surface area contributed by atoms with Gasteiger partial charge in [-0.1, -0.05) is 29.8 Å². The molecule has 3 heteroatoms. The van der Waals surface area contributed by atoms with Gasteiger partial charge in [0.2, 0.25) is 0 Å². The molecule has 2 bridgehead atoms. The summed E-state index contributed by atoms with van der Waals surface area (Å²) in [4.78, 5) is 14.0. The van der Waals surface area contributed by atoms with Crippen molar-refractivity contribution in [3.05, 3.63) is 10.6 Å². The van der Waals surface area contributed by atoms with Gasteiger partial charge in [0, 0.05) is 0 Å². The Labute approximate surface area is 99.2 Å². The molecule has 0 aromatic heterocycles. The van der Waals surface area contributed by atoms with Gasteiger partial charge < -0.3 is 4.74 Å². The Bertz CT molecular complexity index is 333. The third-order valence-corrected chi connectivity index (χ3v) is 5.22. The molecule has 0 heterocycles. The van der Waals surface area contributed by atoms with Gasteiger partial charge in [-0.15, -0.1) is 0 Å². The van der Waals surface area contributed by atoms with E-state index in [4.69, 9.17) is 4.74 Å². The fraction of sp³-hybridized carbons (Fsp3) is 0.750. The SMILES string of the molecule is COC(=O)[C@]12CCC(C/C1=C\Br)C2(C)C. The average Bonchev–Trinajstić information content (AvgIpc) is 2.62. The van der Waals surface area contributed by atoms with Crippen molar-refractivity contribution >= 4 is 21.9 Å². The number of fused-ring (bicyclic) bond motifs is 2. The molecule has 0 spiro atoms. The van der Waals surface area contributed by atoms with E-state index in [9.17, 15) is 4.79 Å². The molecule has 2 nitrogen and oxygen atoms in total. The highest BCUT2D eigenvalue weighted by molar-refractivity contribution is 9.11. The maximum absolute atomic E-state index is 12.1. The molecule has 0 saturated heterocycles. The topological polar surface area (TPSA) is 26.3 Å². The van der Waals surface area contributed by atoms with Crippen LogP contribution in [0.5, 0.6) is 0 Å². The zero-order chi connectivity index (χ0) is 11.3. The van der Waals surface area contributed by atoms with Crippen LogP contribution in [0.4, 0.5) is 0 Å². The van der Waals surface area contributed by atoms with Crippen molar-refractivity contribution in [3.8, 4) is 0 Å². The van der Waals surface area contributed by atoms with Crippen LogP contribution >= 0.6 is 15.9 Å². The van der Waals surface area contributed by atoms with Crippen LogP contribution in [0.3, 0.4) is 0 Å². The van der Waals surface area contributed by atoms with E-state index in [1.54, 1.807) is 0 Å². The highest BCUT2D eigenvalue weighted by atomic mass is 79.9. The van der Waals surface area contributed by atoms with Crippen LogP contribution in [-0.2, 0) is 9.53 Å². The Morgan fingerprint density at radius 2 is 2.27 bits per heavy atom. The minimum Gasteiger partial charge on any atom is -0.468 e. The van der Waals surface area contributed by atoms with E-state index in [0.717, 1.165) is 19.3 Å². The second-order valence-electron chi connectivity index (χ2n) is 5.19. The van der Waals surface area contributed by atoms with Crippen molar-refractivity contribution in [2.24, 2.45) is 16.7 Å². The smallest absolute Gasteiger partial charge is 0.316 e. The van der Waals surface area contributed by atoms with Crippen molar-refractivity contribution in [1.82, 2.24) is 0 Å². The van der Waals surface area contributed by atoms with Crippen LogP contribution in [0.2, 0.25) is 0 Å². The van der Waals surface area contributed by atoms with Gasteiger partial charge in [0.1, 0.15) is 0 Å². The molecule has 2 aliphatic rings. The summed E-state index contributed by atoms with van der Waals surface area (Å²) in [6.45, 7) is 4.40. The number of methoxy groups -OCH3 is 1. The highest BCUT2D eigenvalue weighted by Crippen LogP contribution is 2.68. The first-order chi connectivity index (χ1) is 7.00. The quantitative estimate of drug-likeness (QED) is 0.685. The number of rotatable bonds is 1. The van der Waals surface area contributed by atoms with Gasteiger partial charge in [0.15, 0.2) is 0 Å². The second-order valence-corrected chi connectivity index (χ2v) is 5.65. The van der Waals surface area contributed by atoms with E-state index in [1.165, 1.54) is 12.7 Å². The summed E-state index contributed by atoms with van der Waals surface area (Å²) in [5.74, 6) is 0.568. The van der Waals surface area contributed by atoms with Gasteiger partial charge in [-0.3, -0.25) is 4.79 Å². The molecule has 0 amide bonds. The van der Waals surface area contributed by atoms with E-state index in [2.05, 4.69) is 29.8 Å². The molecule has 2 aliphatic carbocycles. The first kappa shape index (κ1) is 11.2. The van der Waals surface area contributed by atoms with Crippen molar-refractivity contribution in [2.45, 2.75) is 33.1 Å². The fourth-order valence-corrected chi connectivity index (χ4v) is 4.18. The standard InChI is InChI=1S/C12H17BrO2/c1-11(2)8-4-5-12(11,10(14)15-3)9(6-8)7-13/h7-8H,4-6H2,1-3H3/b9-7+/t8?,12-/m0/s1. The van der Waals surface area contributed by atoms with Crippen LogP contribution in [-0.4, -0.2) is 13.1 Å². The minimum atomic E-state index is -0.365. The van der Waals surface area contributed by atoms with E-state index < -0.39 is 0 Å². The predicted octanol–water partition coefficient (Wildman–Crippen LogP) is 3.26. The third-order valence-electron chi connectivity index (χ3n) is 4.67. The first-order valence-electron chi connectivity index (χ1n) is 5.39. The molecule has 2 rings (SSSR count). The highest BCUT2D eigenvalue weighted by Gasteiger charge is 2.66. The molecule has 84 valence electrons. The lowest BCUT2D eigenvalue weighted by molar-refractivity contribution is -0.154. The van der Waals surface area contributed by atoms with Gasteiger partial charge in [0.25, 0.3) is 0 Å². The molecule has 0 radical (unpaired) electrons. The molecule has 0 aliphatic heterocycles. The van der Waals surface area contributed by atoms with Crippen molar-refractivity contribution in [3.63, 3.8) is 0 Å². The molecule has 0 N–H and O–H groups in total. The predicted molar refractivity (Wildman–Crippen MR) is 62.6 cm³/mol. The zero-order valence-corrected chi connectivity index (χ0v) is 11.1. The molecule has 0 aromatic rings. The number of ether oxygens (including phenoxy) is 1. The van der Waals surface area contributed by atoms with Crippen LogP contribution in [0.25, 0.3) is 0 Å². The maximum atomic E-state index is 12.1. The maximum Gasteiger partial charge on any atom is 0.316 e. The van der Waals surface area contributed by atoms with Crippen LogP contribution in [0.1, 0.15) is 33.1 Å². The summed E-state index contributed by atoms with van der Waals surface area (Å²) in [6, 6.07) is 0. The number of esters is 1. The average molecular weight is 273 g/mol. The Morgan fingerprint density at radius 3 is 2.73 bits per heavy atom. The molecule has 2 atom stereocenters. The molecular formula is C12H17BrO2. The second kappa shape index (κ2) is 3.34. The first-order valence-corrected chi connectivity index (χ1v) is 6.30. The zero-order valence-electron chi connectivity index (χ0n) is 9.47. The molecule has 15 heavy (non-hydrogen) atoms. The lowest BCUT2D eigenvalue weighted by atomic mass is 9.68. The van der Waals surface area contributed by atoms with Crippen molar-refractivity contribution in [1.29, 1.82) is 0 Å². The largest absolute Gasteiger partial charge is 0.468 e. The summed E-state index contributed by atoms with van der Waals surface area (Å²) in [6.07, 6.45) is 3.12. The van der Waals surface area contributed by atoms with Gasteiger partial charge >= 0.3 is 5.97 Å².